The van der Waals surface area contributed by atoms with E-state index in [1.54, 1.807) is 0 Å². The van der Waals surface area contributed by atoms with Gasteiger partial charge in [0.15, 0.2) is 5.60 Å². The number of hydrogen-bond acceptors (Lipinski definition) is 4. The number of esters is 1. The van der Waals surface area contributed by atoms with Gasteiger partial charge in [0.2, 0.25) is 0 Å². The maximum atomic E-state index is 13.4. The third-order valence-corrected chi connectivity index (χ3v) is 7.61. The molecule has 1 aliphatic carbocycles. The van der Waals surface area contributed by atoms with Gasteiger partial charge < -0.3 is 14.3 Å². The Bertz CT molecular complexity index is 859. The van der Waals surface area contributed by atoms with Crippen molar-refractivity contribution >= 4 is 5.97 Å². The van der Waals surface area contributed by atoms with Gasteiger partial charge in [0.25, 0.3) is 0 Å². The summed E-state index contributed by atoms with van der Waals surface area (Å²) in [5.41, 5.74) is 0.250. The Morgan fingerprint density at radius 3 is 2.38 bits per heavy atom. The molecular weight excluding hydrogens is 400 g/mol. The molecule has 0 amide bonds. The van der Waals surface area contributed by atoms with Gasteiger partial charge in [0, 0.05) is 37.1 Å². The lowest BCUT2D eigenvalue weighted by atomic mass is 9.73. The number of aromatic nitrogens is 1. The summed E-state index contributed by atoms with van der Waals surface area (Å²) in [6, 6.07) is 15.5. The highest BCUT2D eigenvalue weighted by Crippen LogP contribution is 2.41. The van der Waals surface area contributed by atoms with Crippen LogP contribution in [0, 0.1) is 5.92 Å². The van der Waals surface area contributed by atoms with E-state index >= 15 is 0 Å². The molecule has 172 valence electrons. The highest BCUT2D eigenvalue weighted by Gasteiger charge is 2.48. The van der Waals surface area contributed by atoms with Crippen LogP contribution < -0.4 is 0 Å². The number of hydrogen-bond donors (Lipinski definition) is 1. The fourth-order valence-electron chi connectivity index (χ4n) is 5.41. The van der Waals surface area contributed by atoms with Crippen LogP contribution >= 0.6 is 0 Å². The fourth-order valence-corrected chi connectivity index (χ4v) is 5.41. The maximum Gasteiger partial charge on any atom is 0.343 e. The van der Waals surface area contributed by atoms with Crippen molar-refractivity contribution < 1.29 is 19.1 Å². The highest BCUT2D eigenvalue weighted by molar-refractivity contribution is 5.81. The highest BCUT2D eigenvalue weighted by atomic mass is 16.6. The summed E-state index contributed by atoms with van der Waals surface area (Å²) < 4.78 is 6.98. The third kappa shape index (κ3) is 5.21. The molecule has 1 saturated heterocycles. The number of piperidine rings is 1. The lowest BCUT2D eigenvalue weighted by Gasteiger charge is -2.42. The van der Waals surface area contributed by atoms with Gasteiger partial charge in [0.05, 0.1) is 26.7 Å². The van der Waals surface area contributed by atoms with E-state index in [9.17, 15) is 9.90 Å². The monoisotopic (exact) mass is 437 g/mol. The number of carbonyl (C=O) groups excluding carboxylic acids is 1. The Hall–Kier alpha value is -2.24. The Balaban J connectivity index is 1.38. The Morgan fingerprint density at radius 1 is 1.03 bits per heavy atom. The van der Waals surface area contributed by atoms with Crippen LogP contribution in [0.25, 0.3) is 0 Å². The van der Waals surface area contributed by atoms with Crippen LogP contribution in [-0.4, -0.2) is 53.3 Å². The summed E-state index contributed by atoms with van der Waals surface area (Å²) in [7, 11) is 2.28. The molecule has 32 heavy (non-hydrogen) atoms. The van der Waals surface area contributed by atoms with Gasteiger partial charge in [-0.1, -0.05) is 55.7 Å². The first-order chi connectivity index (χ1) is 15.5. The number of pyridine rings is 1. The molecular formula is C27H37N2O3+. The SMILES string of the molecule is C[N+]1(CCc2ccccn2)CCC(OC(=O)C(O)(c2ccccc2)C2CCCCC2)CC1. The summed E-state index contributed by atoms with van der Waals surface area (Å²) in [6.45, 7) is 2.98. The average Bonchev–Trinajstić information content (AvgIpc) is 2.85. The number of aliphatic hydroxyl groups is 1. The molecule has 5 heteroatoms. The van der Waals surface area contributed by atoms with Gasteiger partial charge in [0.1, 0.15) is 6.10 Å². The minimum atomic E-state index is -1.55. The molecule has 0 radical (unpaired) electrons. The normalized spacial score (nSPS) is 26.2. The van der Waals surface area contributed by atoms with E-state index in [0.29, 0.717) is 5.56 Å². The van der Waals surface area contributed by atoms with Crippen LogP contribution in [0.1, 0.15) is 56.2 Å². The zero-order valence-corrected chi connectivity index (χ0v) is 19.3. The van der Waals surface area contributed by atoms with Crippen molar-refractivity contribution in [3.8, 4) is 0 Å². The number of ether oxygens (including phenoxy) is 1. The van der Waals surface area contributed by atoms with Crippen LogP contribution in [0.15, 0.2) is 54.7 Å². The molecule has 2 aromatic rings. The molecule has 4 rings (SSSR count). The number of benzene rings is 1. The first-order valence-electron chi connectivity index (χ1n) is 12.2. The summed E-state index contributed by atoms with van der Waals surface area (Å²) in [5, 5.41) is 11.7. The maximum absolute atomic E-state index is 13.4. The minimum absolute atomic E-state index is 0.0749. The van der Waals surface area contributed by atoms with Gasteiger partial charge in [-0.05, 0) is 30.5 Å². The molecule has 1 saturated carbocycles. The molecule has 2 heterocycles. The van der Waals surface area contributed by atoms with Crippen LogP contribution in [0.5, 0.6) is 0 Å². The quantitative estimate of drug-likeness (QED) is 0.520. The zero-order chi connectivity index (χ0) is 22.4. The standard InChI is InChI=1S/C27H37N2O3/c1-29(19-15-24-14-8-9-18-28-24)20-16-25(17-21-29)32-26(30)27(31,22-10-4-2-5-11-22)23-12-6-3-7-13-23/h2,4-5,8-11,14,18,23,25,31H,3,6-7,12-13,15-17,19-21H2,1H3/q+1. The molecule has 1 aromatic heterocycles. The van der Waals surface area contributed by atoms with E-state index < -0.39 is 11.6 Å². The first kappa shape index (κ1) is 22.9. The zero-order valence-electron chi connectivity index (χ0n) is 19.3. The van der Waals surface area contributed by atoms with Crippen molar-refractivity contribution in [1.82, 2.24) is 4.98 Å². The topological polar surface area (TPSA) is 59.4 Å². The second-order valence-corrected chi connectivity index (χ2v) is 9.93. The second kappa shape index (κ2) is 10.1. The minimum Gasteiger partial charge on any atom is -0.460 e. The third-order valence-electron chi connectivity index (χ3n) is 7.61. The van der Waals surface area contributed by atoms with Gasteiger partial charge in [-0.3, -0.25) is 4.98 Å². The van der Waals surface area contributed by atoms with Crippen molar-refractivity contribution in [2.45, 2.75) is 63.1 Å². The largest absolute Gasteiger partial charge is 0.460 e. The Labute approximate surface area is 192 Å². The van der Waals surface area contributed by atoms with Crippen molar-refractivity contribution in [2.24, 2.45) is 5.92 Å². The molecule has 5 nitrogen and oxygen atoms in total. The lowest BCUT2D eigenvalue weighted by Crippen LogP contribution is -2.53. The predicted octanol–water partition coefficient (Wildman–Crippen LogP) is 4.24. The van der Waals surface area contributed by atoms with Crippen LogP contribution in [0.4, 0.5) is 0 Å². The van der Waals surface area contributed by atoms with E-state index in [4.69, 9.17) is 4.74 Å². The van der Waals surface area contributed by atoms with Gasteiger partial charge in [-0.25, -0.2) is 4.79 Å². The van der Waals surface area contributed by atoms with E-state index in [0.717, 1.165) is 74.8 Å². The summed E-state index contributed by atoms with van der Waals surface area (Å²) in [6.07, 6.45) is 9.38. The van der Waals surface area contributed by atoms with E-state index in [-0.39, 0.29) is 12.0 Å². The number of nitrogens with zero attached hydrogens (tertiary/aromatic N) is 2. The molecule has 1 atom stereocenters. The van der Waals surface area contributed by atoms with Gasteiger partial charge >= 0.3 is 5.97 Å². The summed E-state index contributed by atoms with van der Waals surface area (Å²) >= 11 is 0. The second-order valence-electron chi connectivity index (χ2n) is 9.93. The van der Waals surface area contributed by atoms with Crippen molar-refractivity contribution in [3.05, 3.63) is 66.0 Å². The number of quaternary nitrogens is 1. The average molecular weight is 438 g/mol. The Kier molecular flexibility index (Phi) is 7.27. The van der Waals surface area contributed by atoms with Gasteiger partial charge in [-0.2, -0.15) is 0 Å². The van der Waals surface area contributed by atoms with Crippen LogP contribution in [0.2, 0.25) is 0 Å². The lowest BCUT2D eigenvalue weighted by molar-refractivity contribution is -0.914. The van der Waals surface area contributed by atoms with Crippen molar-refractivity contribution in [3.63, 3.8) is 0 Å². The summed E-state index contributed by atoms with van der Waals surface area (Å²) in [5.74, 6) is -0.528. The molecule has 1 N–H and O–H groups in total. The molecule has 0 bridgehead atoms. The number of likely N-dealkylation sites (tertiary alicyclic amines) is 1. The van der Waals surface area contributed by atoms with E-state index in [1.165, 1.54) is 6.42 Å². The smallest absolute Gasteiger partial charge is 0.343 e. The molecule has 1 aliphatic heterocycles. The molecule has 1 unspecified atom stereocenters. The van der Waals surface area contributed by atoms with Crippen LogP contribution in [-0.2, 0) is 21.6 Å². The number of likely N-dealkylation sites (N-methyl/N-ethyl adjacent to an activating group) is 1. The van der Waals surface area contributed by atoms with Crippen LogP contribution in [0.3, 0.4) is 0 Å². The number of carbonyl (C=O) groups is 1. The first-order valence-corrected chi connectivity index (χ1v) is 12.2. The van der Waals surface area contributed by atoms with Crippen molar-refractivity contribution in [1.29, 1.82) is 0 Å². The predicted molar refractivity (Wildman–Crippen MR) is 125 cm³/mol. The van der Waals surface area contributed by atoms with Crippen molar-refractivity contribution in [2.75, 3.05) is 26.7 Å². The van der Waals surface area contributed by atoms with E-state index in [1.807, 2.05) is 48.7 Å². The van der Waals surface area contributed by atoms with Gasteiger partial charge in [-0.15, -0.1) is 0 Å². The summed E-state index contributed by atoms with van der Waals surface area (Å²) in [4.78, 5) is 17.9. The molecule has 1 aromatic carbocycles. The molecule has 2 fully saturated rings. The fraction of sp³-hybridized carbons (Fsp3) is 0.556. The number of rotatable bonds is 7. The van der Waals surface area contributed by atoms with E-state index in [2.05, 4.69) is 18.1 Å². The molecule has 0 spiro atoms. The Morgan fingerprint density at radius 2 is 1.72 bits per heavy atom. The molecule has 2 aliphatic rings.